The maximum absolute atomic E-state index is 12.6. The summed E-state index contributed by atoms with van der Waals surface area (Å²) in [6.45, 7) is 2.20. The highest BCUT2D eigenvalue weighted by Gasteiger charge is 2.32. The van der Waals surface area contributed by atoms with E-state index in [1.807, 2.05) is 17.0 Å². The lowest BCUT2D eigenvalue weighted by molar-refractivity contribution is -0.148. The summed E-state index contributed by atoms with van der Waals surface area (Å²) in [6.07, 6.45) is 0. The molecule has 2 aromatic rings. The van der Waals surface area contributed by atoms with Crippen LogP contribution in [0.15, 0.2) is 48.5 Å². The summed E-state index contributed by atoms with van der Waals surface area (Å²) < 4.78 is 5.00. The first-order valence-corrected chi connectivity index (χ1v) is 9.37. The van der Waals surface area contributed by atoms with E-state index in [2.05, 4.69) is 0 Å². The molecule has 0 aliphatic carbocycles. The van der Waals surface area contributed by atoms with E-state index in [-0.39, 0.29) is 11.9 Å². The molecule has 0 saturated carbocycles. The fraction of sp³-hybridized carbons (Fsp3) is 0.300. The van der Waals surface area contributed by atoms with Crippen LogP contribution in [0.5, 0.6) is 0 Å². The predicted octanol–water partition coefficient (Wildman–Crippen LogP) is 3.67. The molecule has 27 heavy (non-hydrogen) atoms. The molecule has 1 atom stereocenters. The molecular weight excluding hydrogens is 387 g/mol. The van der Waals surface area contributed by atoms with Gasteiger partial charge in [-0.05, 0) is 42.0 Å². The zero-order valence-corrected chi connectivity index (χ0v) is 16.4. The lowest BCUT2D eigenvalue weighted by Gasteiger charge is -2.38. The van der Waals surface area contributed by atoms with Crippen LogP contribution in [0.3, 0.4) is 0 Å². The van der Waals surface area contributed by atoms with E-state index in [1.54, 1.807) is 41.3 Å². The Morgan fingerprint density at radius 2 is 1.41 bits per heavy atom. The van der Waals surface area contributed by atoms with Crippen LogP contribution in [-0.2, 0) is 9.53 Å². The largest absolute Gasteiger partial charge is 0.468 e. The second-order valence-electron chi connectivity index (χ2n) is 6.31. The molecule has 1 fully saturated rings. The number of nitrogens with zero attached hydrogens (tertiary/aromatic N) is 2. The minimum atomic E-state index is -0.514. The Morgan fingerprint density at radius 1 is 0.889 bits per heavy atom. The molecule has 0 spiro atoms. The van der Waals surface area contributed by atoms with Gasteiger partial charge in [-0.15, -0.1) is 0 Å². The van der Waals surface area contributed by atoms with Gasteiger partial charge < -0.3 is 9.64 Å². The quantitative estimate of drug-likeness (QED) is 0.726. The number of piperazine rings is 1. The number of carbonyl (C=O) groups excluding carboxylic acids is 2. The molecule has 0 aromatic heterocycles. The SMILES string of the molecule is COC(=O)C(c1ccc(Cl)cc1)N1CCN(C(=O)c2ccc(Cl)cc2)CC1. The third-order valence-corrected chi connectivity index (χ3v) is 5.17. The lowest BCUT2D eigenvalue weighted by atomic mass is 10.0. The van der Waals surface area contributed by atoms with Gasteiger partial charge in [-0.1, -0.05) is 35.3 Å². The van der Waals surface area contributed by atoms with Crippen molar-refractivity contribution in [2.24, 2.45) is 0 Å². The third kappa shape index (κ3) is 4.61. The summed E-state index contributed by atoms with van der Waals surface area (Å²) in [5.41, 5.74) is 1.43. The van der Waals surface area contributed by atoms with Crippen molar-refractivity contribution in [1.82, 2.24) is 9.80 Å². The number of halogens is 2. The van der Waals surface area contributed by atoms with E-state index in [1.165, 1.54) is 7.11 Å². The van der Waals surface area contributed by atoms with Gasteiger partial charge >= 0.3 is 5.97 Å². The van der Waals surface area contributed by atoms with Crippen LogP contribution in [0.25, 0.3) is 0 Å². The molecule has 1 amide bonds. The molecule has 1 saturated heterocycles. The maximum Gasteiger partial charge on any atom is 0.327 e. The minimum absolute atomic E-state index is 0.0348. The summed E-state index contributed by atoms with van der Waals surface area (Å²) in [5.74, 6) is -0.359. The molecule has 0 radical (unpaired) electrons. The predicted molar refractivity (Wildman–Crippen MR) is 105 cm³/mol. The molecular formula is C20H20Cl2N2O3. The summed E-state index contributed by atoms with van der Waals surface area (Å²) in [5, 5.41) is 1.21. The topological polar surface area (TPSA) is 49.9 Å². The highest BCUT2D eigenvalue weighted by molar-refractivity contribution is 6.30. The monoisotopic (exact) mass is 406 g/mol. The van der Waals surface area contributed by atoms with Crippen LogP contribution < -0.4 is 0 Å². The van der Waals surface area contributed by atoms with E-state index in [9.17, 15) is 9.59 Å². The average molecular weight is 407 g/mol. The summed E-state index contributed by atoms with van der Waals surface area (Å²) in [6, 6.07) is 13.5. The highest BCUT2D eigenvalue weighted by Crippen LogP contribution is 2.25. The van der Waals surface area contributed by atoms with Crippen molar-refractivity contribution in [1.29, 1.82) is 0 Å². The Balaban J connectivity index is 1.70. The Labute approximate surface area is 168 Å². The fourth-order valence-electron chi connectivity index (χ4n) is 3.21. The van der Waals surface area contributed by atoms with E-state index < -0.39 is 6.04 Å². The van der Waals surface area contributed by atoms with Crippen molar-refractivity contribution in [2.45, 2.75) is 6.04 Å². The number of benzene rings is 2. The standard InChI is InChI=1S/C20H20Cl2N2O3/c1-27-20(26)18(14-2-6-16(21)7-3-14)23-10-12-24(13-11-23)19(25)15-4-8-17(22)9-5-15/h2-9,18H,10-13H2,1H3. The summed E-state index contributed by atoms with van der Waals surface area (Å²) in [4.78, 5) is 28.8. The third-order valence-electron chi connectivity index (χ3n) is 4.67. The van der Waals surface area contributed by atoms with E-state index in [0.29, 0.717) is 41.8 Å². The molecule has 1 heterocycles. The van der Waals surface area contributed by atoms with Crippen LogP contribution in [0, 0.1) is 0 Å². The first kappa shape index (κ1) is 19.7. The van der Waals surface area contributed by atoms with E-state index in [0.717, 1.165) is 5.56 Å². The molecule has 0 bridgehead atoms. The van der Waals surface area contributed by atoms with Crippen LogP contribution in [-0.4, -0.2) is 55.0 Å². The first-order valence-electron chi connectivity index (χ1n) is 8.62. The minimum Gasteiger partial charge on any atom is -0.468 e. The van der Waals surface area contributed by atoms with Gasteiger partial charge in [0.25, 0.3) is 5.91 Å². The number of ether oxygens (including phenoxy) is 1. The van der Waals surface area contributed by atoms with Crippen molar-refractivity contribution < 1.29 is 14.3 Å². The first-order chi connectivity index (χ1) is 13.0. The van der Waals surface area contributed by atoms with Crippen molar-refractivity contribution in [3.8, 4) is 0 Å². The Morgan fingerprint density at radius 3 is 1.93 bits per heavy atom. The van der Waals surface area contributed by atoms with Crippen molar-refractivity contribution in [2.75, 3.05) is 33.3 Å². The Bertz CT molecular complexity index is 801. The zero-order valence-electron chi connectivity index (χ0n) is 14.9. The van der Waals surface area contributed by atoms with E-state index >= 15 is 0 Å². The number of amides is 1. The molecule has 1 aliphatic heterocycles. The second-order valence-corrected chi connectivity index (χ2v) is 7.19. The van der Waals surface area contributed by atoms with Gasteiger partial charge in [0.2, 0.25) is 0 Å². The van der Waals surface area contributed by atoms with Gasteiger partial charge in [0.1, 0.15) is 6.04 Å². The number of hydrogen-bond donors (Lipinski definition) is 0. The number of methoxy groups -OCH3 is 1. The second kappa shape index (κ2) is 8.74. The fourth-order valence-corrected chi connectivity index (χ4v) is 3.46. The molecule has 2 aromatic carbocycles. The van der Waals surface area contributed by atoms with Crippen LogP contribution in [0.4, 0.5) is 0 Å². The van der Waals surface area contributed by atoms with Gasteiger partial charge in [0, 0.05) is 41.8 Å². The van der Waals surface area contributed by atoms with Gasteiger partial charge in [0.05, 0.1) is 7.11 Å². The molecule has 7 heteroatoms. The average Bonchev–Trinajstić information content (AvgIpc) is 2.70. The molecule has 3 rings (SSSR count). The molecule has 142 valence electrons. The normalized spacial score (nSPS) is 16.0. The van der Waals surface area contributed by atoms with Crippen LogP contribution in [0.1, 0.15) is 22.0 Å². The highest BCUT2D eigenvalue weighted by atomic mass is 35.5. The van der Waals surface area contributed by atoms with Crippen LogP contribution >= 0.6 is 23.2 Å². The maximum atomic E-state index is 12.6. The van der Waals surface area contributed by atoms with Gasteiger partial charge in [-0.25, -0.2) is 4.79 Å². The molecule has 0 N–H and O–H groups in total. The smallest absolute Gasteiger partial charge is 0.327 e. The number of carbonyl (C=O) groups is 2. The Kier molecular flexibility index (Phi) is 6.37. The number of esters is 1. The van der Waals surface area contributed by atoms with Crippen molar-refractivity contribution >= 4 is 35.1 Å². The molecule has 5 nitrogen and oxygen atoms in total. The van der Waals surface area contributed by atoms with Gasteiger partial charge in [0.15, 0.2) is 0 Å². The number of hydrogen-bond acceptors (Lipinski definition) is 4. The molecule has 1 aliphatic rings. The van der Waals surface area contributed by atoms with E-state index in [4.69, 9.17) is 27.9 Å². The lowest BCUT2D eigenvalue weighted by Crippen LogP contribution is -2.51. The van der Waals surface area contributed by atoms with Crippen molar-refractivity contribution in [3.63, 3.8) is 0 Å². The van der Waals surface area contributed by atoms with Gasteiger partial charge in [-0.3, -0.25) is 9.69 Å². The van der Waals surface area contributed by atoms with Crippen molar-refractivity contribution in [3.05, 3.63) is 69.7 Å². The van der Waals surface area contributed by atoms with Gasteiger partial charge in [-0.2, -0.15) is 0 Å². The summed E-state index contributed by atoms with van der Waals surface area (Å²) >= 11 is 11.8. The molecule has 1 unspecified atom stereocenters. The zero-order chi connectivity index (χ0) is 19.4. The number of rotatable bonds is 4. The summed E-state index contributed by atoms with van der Waals surface area (Å²) in [7, 11) is 1.38. The Hall–Kier alpha value is -2.08. The van der Waals surface area contributed by atoms with Crippen LogP contribution in [0.2, 0.25) is 10.0 Å².